The van der Waals surface area contributed by atoms with Crippen LogP contribution in [0.25, 0.3) is 38.9 Å². The van der Waals surface area contributed by atoms with Crippen molar-refractivity contribution in [1.29, 1.82) is 0 Å². The number of carbonyl (C=O) groups is 1. The largest absolute Gasteiger partial charge is 0.468 e. The predicted molar refractivity (Wildman–Crippen MR) is 174 cm³/mol. The molecular formula is C35H34F6N4O5. The minimum atomic E-state index is -4.75. The molecule has 0 N–H and O–H groups in total. The van der Waals surface area contributed by atoms with Crippen LogP contribution in [0.4, 0.5) is 37.0 Å². The van der Waals surface area contributed by atoms with E-state index >= 15 is 8.78 Å². The number of alkyl halides is 3. The molecule has 6 rings (SSSR count). The Hall–Kier alpha value is -4.79. The van der Waals surface area contributed by atoms with E-state index in [0.29, 0.717) is 12.8 Å². The van der Waals surface area contributed by atoms with Gasteiger partial charge in [0.15, 0.2) is 30.9 Å². The molecule has 0 spiro atoms. The quantitative estimate of drug-likeness (QED) is 0.135. The third-order valence-corrected chi connectivity index (χ3v) is 8.49. The molecule has 15 heteroatoms. The predicted octanol–water partition coefficient (Wildman–Crippen LogP) is 8.02. The number of methoxy groups -OCH3 is 1. The molecule has 2 saturated heterocycles. The molecule has 3 aromatic carbocycles. The van der Waals surface area contributed by atoms with Crippen LogP contribution >= 0.6 is 0 Å². The van der Waals surface area contributed by atoms with Crippen LogP contribution in [0.15, 0.2) is 36.9 Å². The summed E-state index contributed by atoms with van der Waals surface area (Å²) in [7, 11) is 1.38. The van der Waals surface area contributed by atoms with Gasteiger partial charge in [0.2, 0.25) is 0 Å². The summed E-state index contributed by atoms with van der Waals surface area (Å²) in [5.41, 5.74) is -1.41. The summed E-state index contributed by atoms with van der Waals surface area (Å²) in [6, 6.07) is 5.05. The van der Waals surface area contributed by atoms with E-state index in [1.165, 1.54) is 37.5 Å². The zero-order valence-electron chi connectivity index (χ0n) is 27.7. The summed E-state index contributed by atoms with van der Waals surface area (Å²) in [4.78, 5) is 24.9. The van der Waals surface area contributed by atoms with Gasteiger partial charge in [0.1, 0.15) is 22.7 Å². The number of amides is 1. The molecule has 1 amide bonds. The monoisotopic (exact) mass is 704 g/mol. The number of nitrogens with zero attached hydrogens (tertiary/aromatic N) is 4. The van der Waals surface area contributed by atoms with Gasteiger partial charge in [-0.2, -0.15) is 23.1 Å². The maximum atomic E-state index is 17.1. The van der Waals surface area contributed by atoms with Gasteiger partial charge in [-0.05, 0) is 74.4 Å². The SMILES string of the molecule is C=Cc1cc2c(N3C[C@H]4CC[C@@H](C3)N4C(=O)OC(C)(C)C)nc(OCC(F)(F)F)nc2c(F)c1-c1cc(OCOC)cc2ccc(F)c(F)c12. The summed E-state index contributed by atoms with van der Waals surface area (Å²) in [5.74, 6) is -3.28. The van der Waals surface area contributed by atoms with E-state index in [9.17, 15) is 22.4 Å². The molecular weight excluding hydrogens is 670 g/mol. The highest BCUT2D eigenvalue weighted by Gasteiger charge is 2.45. The second kappa shape index (κ2) is 13.2. The lowest BCUT2D eigenvalue weighted by Crippen LogP contribution is -2.57. The number of anilines is 1. The lowest BCUT2D eigenvalue weighted by molar-refractivity contribution is -0.154. The van der Waals surface area contributed by atoms with Crippen molar-refractivity contribution < 1.29 is 50.1 Å². The second-order valence-corrected chi connectivity index (χ2v) is 13.1. The second-order valence-electron chi connectivity index (χ2n) is 13.1. The van der Waals surface area contributed by atoms with E-state index in [2.05, 4.69) is 16.5 Å². The molecule has 2 aliphatic heterocycles. The van der Waals surface area contributed by atoms with Gasteiger partial charge in [0.05, 0.1) is 12.1 Å². The number of hydrogen-bond donors (Lipinski definition) is 0. The molecule has 0 saturated carbocycles. The van der Waals surface area contributed by atoms with Crippen molar-refractivity contribution in [2.45, 2.75) is 57.5 Å². The van der Waals surface area contributed by atoms with Crippen LogP contribution in [0.1, 0.15) is 39.2 Å². The fraction of sp³-hybridized carbons (Fsp3) is 0.400. The number of ether oxygens (including phenoxy) is 4. The van der Waals surface area contributed by atoms with Crippen LogP contribution in [0, 0.1) is 17.5 Å². The van der Waals surface area contributed by atoms with Gasteiger partial charge in [0.25, 0.3) is 0 Å². The van der Waals surface area contributed by atoms with Crippen LogP contribution in [-0.4, -0.2) is 78.4 Å². The van der Waals surface area contributed by atoms with Gasteiger partial charge >= 0.3 is 18.3 Å². The van der Waals surface area contributed by atoms with E-state index in [4.69, 9.17) is 18.9 Å². The minimum Gasteiger partial charge on any atom is -0.468 e. The lowest BCUT2D eigenvalue weighted by Gasteiger charge is -2.42. The first-order valence-electron chi connectivity index (χ1n) is 15.7. The summed E-state index contributed by atoms with van der Waals surface area (Å²) in [5, 5.41) is 0.0140. The number of aromatic nitrogens is 2. The van der Waals surface area contributed by atoms with Crippen molar-refractivity contribution in [2.75, 3.05) is 38.5 Å². The Morgan fingerprint density at radius 1 is 1.00 bits per heavy atom. The number of carbonyl (C=O) groups excluding carboxylic acids is 1. The van der Waals surface area contributed by atoms with Gasteiger partial charge in [-0.15, -0.1) is 0 Å². The van der Waals surface area contributed by atoms with E-state index < -0.39 is 53.5 Å². The molecule has 266 valence electrons. The zero-order chi connectivity index (χ0) is 36.1. The average molecular weight is 705 g/mol. The van der Waals surface area contributed by atoms with Crippen LogP contribution in [0.3, 0.4) is 0 Å². The van der Waals surface area contributed by atoms with E-state index in [-0.39, 0.29) is 76.4 Å². The molecule has 4 aromatic rings. The Bertz CT molecular complexity index is 1970. The van der Waals surface area contributed by atoms with Crippen molar-refractivity contribution in [3.8, 4) is 22.9 Å². The third-order valence-electron chi connectivity index (χ3n) is 8.49. The van der Waals surface area contributed by atoms with Crippen molar-refractivity contribution in [3.05, 3.63) is 59.9 Å². The van der Waals surface area contributed by atoms with Crippen molar-refractivity contribution >= 4 is 39.7 Å². The molecule has 50 heavy (non-hydrogen) atoms. The Kier molecular flexibility index (Phi) is 9.22. The number of hydrogen-bond acceptors (Lipinski definition) is 8. The normalized spacial score (nSPS) is 17.8. The maximum absolute atomic E-state index is 17.1. The van der Waals surface area contributed by atoms with Crippen LogP contribution in [0.5, 0.6) is 11.8 Å². The van der Waals surface area contributed by atoms with E-state index in [1.54, 1.807) is 30.6 Å². The Balaban J connectivity index is 1.54. The highest BCUT2D eigenvalue weighted by Crippen LogP contribution is 2.43. The van der Waals surface area contributed by atoms with Crippen molar-refractivity contribution in [2.24, 2.45) is 0 Å². The topological polar surface area (TPSA) is 86.3 Å². The highest BCUT2D eigenvalue weighted by molar-refractivity contribution is 6.04. The Morgan fingerprint density at radius 2 is 1.70 bits per heavy atom. The number of halogens is 6. The minimum absolute atomic E-state index is 0.0701. The van der Waals surface area contributed by atoms with Gasteiger partial charge in [-0.25, -0.2) is 18.0 Å². The smallest absolute Gasteiger partial charge is 0.422 e. The number of piperazine rings is 1. The lowest BCUT2D eigenvalue weighted by atomic mass is 9.91. The molecule has 3 heterocycles. The van der Waals surface area contributed by atoms with E-state index in [0.717, 1.165) is 6.07 Å². The first kappa shape index (κ1) is 35.1. The fourth-order valence-corrected chi connectivity index (χ4v) is 6.56. The summed E-state index contributed by atoms with van der Waals surface area (Å²) in [6.45, 7) is 7.56. The fourth-order valence-electron chi connectivity index (χ4n) is 6.56. The third kappa shape index (κ3) is 6.82. The number of benzene rings is 3. The summed E-state index contributed by atoms with van der Waals surface area (Å²) in [6.07, 6.45) is -2.66. The van der Waals surface area contributed by atoms with Gasteiger partial charge in [-0.3, -0.25) is 4.90 Å². The molecule has 2 atom stereocenters. The number of rotatable bonds is 8. The molecule has 2 aliphatic rings. The Morgan fingerprint density at radius 3 is 2.32 bits per heavy atom. The molecule has 9 nitrogen and oxygen atoms in total. The zero-order valence-corrected chi connectivity index (χ0v) is 27.7. The number of fused-ring (bicyclic) bond motifs is 4. The molecule has 2 fully saturated rings. The maximum Gasteiger partial charge on any atom is 0.422 e. The van der Waals surface area contributed by atoms with Gasteiger partial charge in [0, 0.05) is 36.5 Å². The first-order chi connectivity index (χ1) is 23.6. The van der Waals surface area contributed by atoms with Crippen molar-refractivity contribution in [1.82, 2.24) is 14.9 Å². The Labute approximate surface area is 283 Å². The molecule has 0 radical (unpaired) electrons. The summed E-state index contributed by atoms with van der Waals surface area (Å²) < 4.78 is 108. The first-order valence-corrected chi connectivity index (χ1v) is 15.7. The standard InChI is InChI=1S/C35H34F6N4O5/c1-6-18-12-24-30(29(38)26(18)23-13-22(49-17-47-5)11-19-7-10-25(36)28(37)27(19)23)42-32(48-16-35(39,40)41)43-31(24)44-14-20-8-9-21(15-44)45(20)33(46)50-34(2,3)4/h6-7,10-13,20-21H,1,8-9,14-17H2,2-5H3/t20-,21+. The van der Waals surface area contributed by atoms with Gasteiger partial charge in [-0.1, -0.05) is 18.7 Å². The highest BCUT2D eigenvalue weighted by atomic mass is 19.4. The average Bonchev–Trinajstić information content (AvgIpc) is 3.32. The van der Waals surface area contributed by atoms with Crippen molar-refractivity contribution in [3.63, 3.8) is 0 Å². The van der Waals surface area contributed by atoms with Gasteiger partial charge < -0.3 is 23.8 Å². The molecule has 2 bridgehead atoms. The van der Waals surface area contributed by atoms with Crippen LogP contribution < -0.4 is 14.4 Å². The molecule has 0 unspecified atom stereocenters. The molecule has 0 aliphatic carbocycles. The summed E-state index contributed by atoms with van der Waals surface area (Å²) >= 11 is 0. The van der Waals surface area contributed by atoms with E-state index in [1.807, 2.05) is 0 Å². The van der Waals surface area contributed by atoms with Crippen LogP contribution in [0.2, 0.25) is 0 Å². The van der Waals surface area contributed by atoms with Crippen LogP contribution in [-0.2, 0) is 9.47 Å². The molecule has 1 aromatic heterocycles.